The van der Waals surface area contributed by atoms with E-state index in [4.69, 9.17) is 13.9 Å². The van der Waals surface area contributed by atoms with Gasteiger partial charge in [-0.3, -0.25) is 4.79 Å². The van der Waals surface area contributed by atoms with Gasteiger partial charge in [-0.15, -0.1) is 0 Å². The molecular weight excluding hydrogens is 354 g/mol. The highest BCUT2D eigenvalue weighted by atomic mass is 16.5. The summed E-state index contributed by atoms with van der Waals surface area (Å²) in [5.41, 5.74) is 4.18. The average Bonchev–Trinajstić information content (AvgIpc) is 3.41. The highest BCUT2D eigenvalue weighted by Crippen LogP contribution is 2.34. The van der Waals surface area contributed by atoms with Crippen molar-refractivity contribution in [2.45, 2.75) is 19.4 Å². The molecule has 0 aliphatic carbocycles. The Hall–Kier alpha value is -3.47. The number of rotatable bonds is 7. The van der Waals surface area contributed by atoms with Crippen molar-refractivity contribution in [1.82, 2.24) is 4.98 Å². The zero-order valence-corrected chi connectivity index (χ0v) is 15.6. The summed E-state index contributed by atoms with van der Waals surface area (Å²) in [6.07, 6.45) is 4.52. The van der Waals surface area contributed by atoms with Gasteiger partial charge in [0, 0.05) is 23.7 Å². The molecule has 0 saturated heterocycles. The first kappa shape index (κ1) is 17.9. The van der Waals surface area contributed by atoms with Crippen molar-refractivity contribution in [3.8, 4) is 16.9 Å². The fourth-order valence-corrected chi connectivity index (χ4v) is 3.20. The number of esters is 1. The largest absolute Gasteiger partial charge is 0.485 e. The number of hydrogen-bond acceptors (Lipinski definition) is 4. The number of carbonyl (C=O) groups is 1. The minimum absolute atomic E-state index is 0.214. The lowest BCUT2D eigenvalue weighted by Gasteiger charge is -2.13. The zero-order valence-electron chi connectivity index (χ0n) is 15.6. The molecule has 2 aromatic carbocycles. The van der Waals surface area contributed by atoms with Crippen LogP contribution in [0.4, 0.5) is 0 Å². The third-order valence-electron chi connectivity index (χ3n) is 4.70. The maximum Gasteiger partial charge on any atom is 0.305 e. The lowest BCUT2D eigenvalue weighted by molar-refractivity contribution is -0.140. The van der Waals surface area contributed by atoms with Crippen LogP contribution in [0, 0.1) is 0 Å². The van der Waals surface area contributed by atoms with Gasteiger partial charge in [-0.05, 0) is 65.4 Å². The SMILES string of the molecule is COC(=O)CCc1ccc(OCc2ccco2)c(-c2ccc3[nH]ccc3c2)c1. The summed E-state index contributed by atoms with van der Waals surface area (Å²) in [6, 6.07) is 18.0. The summed E-state index contributed by atoms with van der Waals surface area (Å²) >= 11 is 0. The lowest BCUT2D eigenvalue weighted by Crippen LogP contribution is -2.02. The highest BCUT2D eigenvalue weighted by molar-refractivity contribution is 5.86. The van der Waals surface area contributed by atoms with Crippen LogP contribution < -0.4 is 4.74 Å². The zero-order chi connectivity index (χ0) is 19.3. The number of fused-ring (bicyclic) bond motifs is 1. The maximum absolute atomic E-state index is 11.5. The van der Waals surface area contributed by atoms with Crippen molar-refractivity contribution < 1.29 is 18.7 Å². The molecule has 2 aromatic heterocycles. The van der Waals surface area contributed by atoms with Crippen LogP contribution in [0.2, 0.25) is 0 Å². The highest BCUT2D eigenvalue weighted by Gasteiger charge is 2.11. The Morgan fingerprint density at radius 3 is 2.86 bits per heavy atom. The summed E-state index contributed by atoms with van der Waals surface area (Å²) < 4.78 is 16.2. The second-order valence-electron chi connectivity index (χ2n) is 6.55. The van der Waals surface area contributed by atoms with Crippen molar-refractivity contribution >= 4 is 16.9 Å². The molecule has 4 rings (SSSR count). The van der Waals surface area contributed by atoms with E-state index in [0.717, 1.165) is 39.1 Å². The normalized spacial score (nSPS) is 10.9. The molecule has 5 heteroatoms. The van der Waals surface area contributed by atoms with E-state index in [1.54, 1.807) is 6.26 Å². The number of benzene rings is 2. The third-order valence-corrected chi connectivity index (χ3v) is 4.70. The molecule has 0 aliphatic rings. The first-order valence-electron chi connectivity index (χ1n) is 9.15. The molecule has 28 heavy (non-hydrogen) atoms. The molecule has 0 saturated carbocycles. The lowest BCUT2D eigenvalue weighted by atomic mass is 9.99. The number of methoxy groups -OCH3 is 1. The number of nitrogens with one attached hydrogen (secondary N) is 1. The maximum atomic E-state index is 11.5. The minimum atomic E-state index is -0.214. The van der Waals surface area contributed by atoms with Gasteiger partial charge in [-0.2, -0.15) is 0 Å². The summed E-state index contributed by atoms with van der Waals surface area (Å²) in [6.45, 7) is 0.355. The monoisotopic (exact) mass is 375 g/mol. The smallest absolute Gasteiger partial charge is 0.305 e. The van der Waals surface area contributed by atoms with Crippen molar-refractivity contribution in [3.05, 3.63) is 78.4 Å². The molecule has 0 spiro atoms. The Morgan fingerprint density at radius 1 is 1.11 bits per heavy atom. The van der Waals surface area contributed by atoms with E-state index in [1.165, 1.54) is 7.11 Å². The fraction of sp³-hybridized carbons (Fsp3) is 0.174. The topological polar surface area (TPSA) is 64.5 Å². The molecule has 0 atom stereocenters. The van der Waals surface area contributed by atoms with Crippen molar-refractivity contribution in [3.63, 3.8) is 0 Å². The van der Waals surface area contributed by atoms with Crippen LogP contribution in [-0.2, 0) is 22.6 Å². The predicted molar refractivity (Wildman–Crippen MR) is 107 cm³/mol. The second kappa shape index (κ2) is 8.05. The predicted octanol–water partition coefficient (Wildman–Crippen LogP) is 5.11. The van der Waals surface area contributed by atoms with Gasteiger partial charge in [0.25, 0.3) is 0 Å². The third kappa shape index (κ3) is 3.93. The number of furan rings is 1. The molecule has 5 nitrogen and oxygen atoms in total. The Bertz CT molecular complexity index is 1080. The summed E-state index contributed by atoms with van der Waals surface area (Å²) in [7, 11) is 1.41. The van der Waals surface area contributed by atoms with Crippen LogP contribution in [0.3, 0.4) is 0 Å². The van der Waals surface area contributed by atoms with E-state index in [-0.39, 0.29) is 5.97 Å². The van der Waals surface area contributed by atoms with E-state index < -0.39 is 0 Å². The van der Waals surface area contributed by atoms with Crippen LogP contribution >= 0.6 is 0 Å². The van der Waals surface area contributed by atoms with Crippen LogP contribution in [0.5, 0.6) is 5.75 Å². The Morgan fingerprint density at radius 2 is 2.04 bits per heavy atom. The van der Waals surface area contributed by atoms with Crippen molar-refractivity contribution in [2.75, 3.05) is 7.11 Å². The van der Waals surface area contributed by atoms with Gasteiger partial charge < -0.3 is 18.9 Å². The number of aryl methyl sites for hydroxylation is 1. The second-order valence-corrected chi connectivity index (χ2v) is 6.55. The Labute approximate surface area is 162 Å². The fourth-order valence-electron chi connectivity index (χ4n) is 3.20. The summed E-state index contributed by atoms with van der Waals surface area (Å²) in [5.74, 6) is 1.32. The van der Waals surface area contributed by atoms with E-state index in [0.29, 0.717) is 19.4 Å². The van der Waals surface area contributed by atoms with Gasteiger partial charge in [0.1, 0.15) is 18.1 Å². The molecule has 0 fully saturated rings. The molecule has 0 amide bonds. The molecule has 2 heterocycles. The quantitative estimate of drug-likeness (QED) is 0.456. The molecule has 1 N–H and O–H groups in total. The van der Waals surface area contributed by atoms with Gasteiger partial charge in [0.15, 0.2) is 0 Å². The number of carbonyl (C=O) groups excluding carboxylic acids is 1. The molecule has 0 aliphatic heterocycles. The van der Waals surface area contributed by atoms with Crippen LogP contribution in [-0.4, -0.2) is 18.1 Å². The number of H-pyrrole nitrogens is 1. The van der Waals surface area contributed by atoms with E-state index in [2.05, 4.69) is 29.2 Å². The number of ether oxygens (including phenoxy) is 2. The van der Waals surface area contributed by atoms with Gasteiger partial charge in [-0.1, -0.05) is 12.1 Å². The first-order valence-corrected chi connectivity index (χ1v) is 9.15. The summed E-state index contributed by atoms with van der Waals surface area (Å²) in [5, 5.41) is 1.13. The molecule has 0 radical (unpaired) electrons. The summed E-state index contributed by atoms with van der Waals surface area (Å²) in [4.78, 5) is 14.7. The van der Waals surface area contributed by atoms with E-state index in [9.17, 15) is 4.79 Å². The number of hydrogen-bond donors (Lipinski definition) is 1. The van der Waals surface area contributed by atoms with Gasteiger partial charge in [0.05, 0.1) is 13.4 Å². The standard InChI is InChI=1S/C23H21NO4/c1-26-23(25)9-5-16-4-8-22(28-15-19-3-2-12-27-19)20(13-16)17-6-7-21-18(14-17)10-11-24-21/h2-4,6-8,10-14,24H,5,9,15H2,1H3. The van der Waals surface area contributed by atoms with Crippen molar-refractivity contribution in [1.29, 1.82) is 0 Å². The Balaban J connectivity index is 1.66. The number of aromatic nitrogens is 1. The molecule has 0 bridgehead atoms. The van der Waals surface area contributed by atoms with Crippen LogP contribution in [0.15, 0.2) is 71.5 Å². The first-order chi connectivity index (χ1) is 13.7. The van der Waals surface area contributed by atoms with Crippen molar-refractivity contribution in [2.24, 2.45) is 0 Å². The van der Waals surface area contributed by atoms with E-state index >= 15 is 0 Å². The van der Waals surface area contributed by atoms with Gasteiger partial charge >= 0.3 is 5.97 Å². The average molecular weight is 375 g/mol. The van der Waals surface area contributed by atoms with E-state index in [1.807, 2.05) is 36.5 Å². The van der Waals surface area contributed by atoms with Gasteiger partial charge in [-0.25, -0.2) is 0 Å². The van der Waals surface area contributed by atoms with Crippen LogP contribution in [0.1, 0.15) is 17.7 Å². The molecule has 142 valence electrons. The van der Waals surface area contributed by atoms with Gasteiger partial charge in [0.2, 0.25) is 0 Å². The van der Waals surface area contributed by atoms with Crippen LogP contribution in [0.25, 0.3) is 22.0 Å². The Kier molecular flexibility index (Phi) is 5.15. The molecular formula is C23H21NO4. The number of aromatic amines is 1. The minimum Gasteiger partial charge on any atom is -0.485 e. The molecule has 4 aromatic rings. The molecule has 0 unspecified atom stereocenters.